The van der Waals surface area contributed by atoms with Gasteiger partial charge in [-0.3, -0.25) is 4.57 Å². The summed E-state index contributed by atoms with van der Waals surface area (Å²) in [4.78, 5) is 0. The minimum atomic E-state index is 0.0261. The van der Waals surface area contributed by atoms with Crippen LogP contribution in [0.3, 0.4) is 0 Å². The zero-order valence-corrected chi connectivity index (χ0v) is 6.27. The molecule has 0 atom stereocenters. The molecule has 9 heavy (non-hydrogen) atoms. The Labute approximate surface area is 57.0 Å². The fraction of sp³-hybridized carbons (Fsp3) is 0.143. The van der Waals surface area contributed by atoms with Gasteiger partial charge in [0.15, 0.2) is 8.46 Å². The molecule has 0 rings (SSSR count). The Bertz CT molecular complexity index is 146. The maximum atomic E-state index is 10.2. The Morgan fingerprint density at radius 1 is 1.67 bits per heavy atom. The number of hydrogen-bond acceptors (Lipinski definition) is 1. The second-order valence-corrected chi connectivity index (χ2v) is 2.11. The minimum Gasteiger partial charge on any atom is -0.269 e. The van der Waals surface area contributed by atoms with Gasteiger partial charge in [0.05, 0.1) is 0 Å². The summed E-state index contributed by atoms with van der Waals surface area (Å²) in [6.45, 7) is 5.38. The minimum absolute atomic E-state index is 0.0261. The molecule has 48 valence electrons. The molecule has 0 radical (unpaired) electrons. The van der Waals surface area contributed by atoms with E-state index in [0.717, 1.165) is 0 Å². The molecule has 0 aliphatic carbocycles. The van der Waals surface area contributed by atoms with Gasteiger partial charge in [-0.15, -0.1) is 0 Å². The van der Waals surface area contributed by atoms with Gasteiger partial charge in [-0.2, -0.15) is 0 Å². The van der Waals surface area contributed by atoms with Crippen LogP contribution in [0, 0.1) is 0 Å². The van der Waals surface area contributed by atoms with Gasteiger partial charge in [-0.25, -0.2) is 0 Å². The van der Waals surface area contributed by atoms with Gasteiger partial charge in [-0.05, 0) is 13.0 Å². The highest BCUT2D eigenvalue weighted by Gasteiger charge is 1.81. The van der Waals surface area contributed by atoms with Gasteiger partial charge in [0.2, 0.25) is 0 Å². The first-order valence-electron chi connectivity index (χ1n) is 2.64. The molecule has 0 saturated carbocycles. The molecule has 0 saturated heterocycles. The Morgan fingerprint density at radius 3 is 2.67 bits per heavy atom. The van der Waals surface area contributed by atoms with E-state index >= 15 is 0 Å². The molecule has 2 heteroatoms. The number of hydrogen-bond donors (Lipinski definition) is 0. The quantitative estimate of drug-likeness (QED) is 0.435. The Morgan fingerprint density at radius 2 is 2.33 bits per heavy atom. The van der Waals surface area contributed by atoms with E-state index in [1.54, 1.807) is 12.2 Å². The van der Waals surface area contributed by atoms with Gasteiger partial charge >= 0.3 is 0 Å². The van der Waals surface area contributed by atoms with Gasteiger partial charge in [-0.1, -0.05) is 24.8 Å². The summed E-state index contributed by atoms with van der Waals surface area (Å²) < 4.78 is 10.2. The van der Waals surface area contributed by atoms with E-state index in [0.29, 0.717) is 5.31 Å². The fourth-order valence-corrected chi connectivity index (χ4v) is 0.552. The van der Waals surface area contributed by atoms with Crippen molar-refractivity contribution in [3.05, 3.63) is 36.2 Å². The Kier molecular flexibility index (Phi) is 5.04. The summed E-state index contributed by atoms with van der Waals surface area (Å²) in [6.07, 6.45) is 7.01. The lowest BCUT2D eigenvalue weighted by atomic mass is 10.4. The van der Waals surface area contributed by atoms with Crippen LogP contribution in [0.1, 0.15) is 6.92 Å². The molecule has 0 heterocycles. The highest BCUT2D eigenvalue weighted by Crippen LogP contribution is 2.11. The van der Waals surface area contributed by atoms with Gasteiger partial charge in [0.1, 0.15) is 0 Å². The smallest absolute Gasteiger partial charge is 0.192 e. The largest absolute Gasteiger partial charge is 0.269 e. The summed E-state index contributed by atoms with van der Waals surface area (Å²) in [7, 11) is 0.0261. The van der Waals surface area contributed by atoms with E-state index in [-0.39, 0.29) is 8.46 Å². The maximum absolute atomic E-state index is 10.2. The Hall–Kier alpha value is -0.680. The first-order chi connectivity index (χ1) is 4.35. The van der Waals surface area contributed by atoms with Crippen molar-refractivity contribution in [1.29, 1.82) is 0 Å². The molecule has 0 aromatic rings. The van der Waals surface area contributed by atoms with Crippen molar-refractivity contribution in [3.8, 4) is 0 Å². The van der Waals surface area contributed by atoms with Crippen LogP contribution in [0.2, 0.25) is 0 Å². The molecule has 0 aliphatic rings. The SMILES string of the molecule is C=C/C(=C\C=C/C)P=O. The van der Waals surface area contributed by atoms with Crippen molar-refractivity contribution in [1.82, 2.24) is 0 Å². The summed E-state index contributed by atoms with van der Waals surface area (Å²) in [6, 6.07) is 0. The van der Waals surface area contributed by atoms with Crippen molar-refractivity contribution in [3.63, 3.8) is 0 Å². The molecule has 0 spiro atoms. The van der Waals surface area contributed by atoms with Crippen LogP contribution in [0.4, 0.5) is 0 Å². The highest BCUT2D eigenvalue weighted by molar-refractivity contribution is 7.29. The number of allylic oxidation sites excluding steroid dienone is 5. The monoisotopic (exact) mass is 140 g/mol. The second-order valence-electron chi connectivity index (χ2n) is 1.41. The van der Waals surface area contributed by atoms with Crippen molar-refractivity contribution in [2.45, 2.75) is 6.92 Å². The molecule has 1 nitrogen and oxygen atoms in total. The average Bonchev–Trinajstić information content (AvgIpc) is 1.91. The molecule has 0 N–H and O–H groups in total. The van der Waals surface area contributed by atoms with Gasteiger partial charge < -0.3 is 0 Å². The zero-order chi connectivity index (χ0) is 7.11. The van der Waals surface area contributed by atoms with Crippen molar-refractivity contribution < 1.29 is 4.57 Å². The third kappa shape index (κ3) is 3.87. The topological polar surface area (TPSA) is 17.1 Å². The van der Waals surface area contributed by atoms with Crippen LogP contribution >= 0.6 is 8.46 Å². The summed E-state index contributed by atoms with van der Waals surface area (Å²) in [5.41, 5.74) is 0. The lowest BCUT2D eigenvalue weighted by Gasteiger charge is -1.78. The third-order valence-electron chi connectivity index (χ3n) is 0.774. The number of rotatable bonds is 3. The molecule has 0 amide bonds. The van der Waals surface area contributed by atoms with E-state index in [2.05, 4.69) is 6.58 Å². The normalized spacial score (nSPS) is 12.8. The van der Waals surface area contributed by atoms with Crippen LogP contribution < -0.4 is 0 Å². The van der Waals surface area contributed by atoms with Crippen LogP contribution in [0.5, 0.6) is 0 Å². The maximum Gasteiger partial charge on any atom is 0.192 e. The molecular formula is C7H9OP. The van der Waals surface area contributed by atoms with Gasteiger partial charge in [0, 0.05) is 5.31 Å². The molecule has 0 fully saturated rings. The van der Waals surface area contributed by atoms with Gasteiger partial charge in [0.25, 0.3) is 0 Å². The molecule has 0 aromatic carbocycles. The molecular weight excluding hydrogens is 131 g/mol. The molecule has 0 aliphatic heterocycles. The second kappa shape index (κ2) is 5.46. The van der Waals surface area contributed by atoms with Crippen molar-refractivity contribution in [2.24, 2.45) is 0 Å². The van der Waals surface area contributed by atoms with E-state index in [1.807, 2.05) is 19.1 Å². The van der Waals surface area contributed by atoms with Crippen LogP contribution in [0.25, 0.3) is 0 Å². The first-order valence-corrected chi connectivity index (χ1v) is 3.45. The van der Waals surface area contributed by atoms with E-state index in [1.165, 1.54) is 0 Å². The van der Waals surface area contributed by atoms with Crippen LogP contribution in [-0.2, 0) is 4.57 Å². The van der Waals surface area contributed by atoms with E-state index in [4.69, 9.17) is 0 Å². The first kappa shape index (κ1) is 8.32. The summed E-state index contributed by atoms with van der Waals surface area (Å²) in [5.74, 6) is 0. The summed E-state index contributed by atoms with van der Waals surface area (Å²) in [5, 5.41) is 0.702. The molecule has 0 bridgehead atoms. The van der Waals surface area contributed by atoms with Crippen molar-refractivity contribution in [2.75, 3.05) is 0 Å². The zero-order valence-electron chi connectivity index (χ0n) is 5.37. The van der Waals surface area contributed by atoms with E-state index < -0.39 is 0 Å². The fourth-order valence-electron chi connectivity index (χ4n) is 0.331. The lowest BCUT2D eigenvalue weighted by molar-refractivity contribution is 0.602. The Balaban J connectivity index is 4.06. The predicted molar refractivity (Wildman–Crippen MR) is 40.7 cm³/mol. The average molecular weight is 140 g/mol. The molecule has 0 unspecified atom stereocenters. The van der Waals surface area contributed by atoms with E-state index in [9.17, 15) is 4.57 Å². The molecule has 0 aromatic heterocycles. The van der Waals surface area contributed by atoms with Crippen molar-refractivity contribution >= 4 is 8.46 Å². The highest BCUT2D eigenvalue weighted by atomic mass is 31.1. The third-order valence-corrected chi connectivity index (χ3v) is 1.32. The lowest BCUT2D eigenvalue weighted by Crippen LogP contribution is -1.56. The van der Waals surface area contributed by atoms with Crippen LogP contribution in [0.15, 0.2) is 36.2 Å². The standard InChI is InChI=1S/C7H9OP/c1-3-5-6-7(4-2)9-8/h3-6H,2H2,1H3/b5-3-,7-6+. The van der Waals surface area contributed by atoms with Crippen LogP contribution in [-0.4, -0.2) is 0 Å². The summed E-state index contributed by atoms with van der Waals surface area (Å²) >= 11 is 0. The predicted octanol–water partition coefficient (Wildman–Crippen LogP) is 2.92.